The Morgan fingerprint density at radius 2 is 2.07 bits per heavy atom. The number of rotatable bonds is 3. The van der Waals surface area contributed by atoms with E-state index in [9.17, 15) is 9.18 Å². The first kappa shape index (κ1) is 12.4. The lowest BCUT2D eigenvalue weighted by Crippen LogP contribution is -2.27. The van der Waals surface area contributed by atoms with Gasteiger partial charge in [-0.05, 0) is 38.0 Å². The summed E-state index contributed by atoms with van der Waals surface area (Å²) in [4.78, 5) is 11.4. The van der Waals surface area contributed by atoms with Crippen LogP contribution in [0.2, 0.25) is 0 Å². The van der Waals surface area contributed by atoms with Gasteiger partial charge in [-0.3, -0.25) is 4.79 Å². The van der Waals surface area contributed by atoms with Crippen LogP contribution >= 0.6 is 15.9 Å². The monoisotopic (exact) mass is 272 g/mol. The van der Waals surface area contributed by atoms with Crippen LogP contribution in [0.1, 0.15) is 25.0 Å². The van der Waals surface area contributed by atoms with Crippen LogP contribution in [0.15, 0.2) is 22.7 Å². The number of carbonyl (C=O) groups is 1. The van der Waals surface area contributed by atoms with Crippen molar-refractivity contribution in [2.75, 3.05) is 0 Å². The van der Waals surface area contributed by atoms with Gasteiger partial charge < -0.3 is 0 Å². The minimum atomic E-state index is -1.75. The highest BCUT2D eigenvalue weighted by molar-refractivity contribution is 9.10. The van der Waals surface area contributed by atoms with Crippen molar-refractivity contribution in [1.29, 1.82) is 0 Å². The Morgan fingerprint density at radius 1 is 1.47 bits per heavy atom. The maximum Gasteiger partial charge on any atom is 0.173 e. The minimum absolute atomic E-state index is 0.141. The lowest BCUT2D eigenvalue weighted by molar-refractivity contribution is -0.127. The molecule has 1 aromatic carbocycles. The first-order valence-electron chi connectivity index (χ1n) is 4.78. The number of aryl methyl sites for hydroxylation is 1. The van der Waals surface area contributed by atoms with Crippen molar-refractivity contribution in [3.8, 4) is 0 Å². The molecule has 3 heteroatoms. The second kappa shape index (κ2) is 4.44. The van der Waals surface area contributed by atoms with Crippen molar-refractivity contribution < 1.29 is 9.18 Å². The molecule has 0 unspecified atom stereocenters. The Morgan fingerprint density at radius 3 is 2.53 bits per heavy atom. The third-order valence-corrected chi connectivity index (χ3v) is 3.12. The third-order valence-electron chi connectivity index (χ3n) is 2.26. The summed E-state index contributed by atoms with van der Waals surface area (Å²) in [6.07, 6.45) is 0.141. The van der Waals surface area contributed by atoms with Gasteiger partial charge in [0.25, 0.3) is 0 Å². The quantitative estimate of drug-likeness (QED) is 0.822. The fraction of sp³-hybridized carbons (Fsp3) is 0.417. The second-order valence-corrected chi connectivity index (χ2v) is 5.01. The van der Waals surface area contributed by atoms with Gasteiger partial charge in [-0.25, -0.2) is 4.39 Å². The number of ketones is 1. The normalized spacial score (nSPS) is 11.5. The molecule has 0 atom stereocenters. The van der Waals surface area contributed by atoms with E-state index in [1.165, 1.54) is 13.8 Å². The van der Waals surface area contributed by atoms with Crippen LogP contribution in [0.3, 0.4) is 0 Å². The summed E-state index contributed by atoms with van der Waals surface area (Å²) in [5.74, 6) is -0.391. The van der Waals surface area contributed by atoms with E-state index in [0.29, 0.717) is 0 Å². The Hall–Kier alpha value is -0.700. The molecule has 0 aliphatic carbocycles. The zero-order valence-electron chi connectivity index (χ0n) is 9.10. The molecule has 0 fully saturated rings. The molecule has 0 radical (unpaired) electrons. The average molecular weight is 273 g/mol. The van der Waals surface area contributed by atoms with Crippen molar-refractivity contribution in [1.82, 2.24) is 0 Å². The molecule has 1 aromatic rings. The van der Waals surface area contributed by atoms with Gasteiger partial charge in [0.05, 0.1) is 0 Å². The van der Waals surface area contributed by atoms with Gasteiger partial charge in [0.15, 0.2) is 11.5 Å². The van der Waals surface area contributed by atoms with E-state index in [2.05, 4.69) is 15.9 Å². The van der Waals surface area contributed by atoms with E-state index in [1.54, 1.807) is 0 Å². The maximum absolute atomic E-state index is 13.3. The van der Waals surface area contributed by atoms with Crippen molar-refractivity contribution in [3.63, 3.8) is 0 Å². The van der Waals surface area contributed by atoms with Gasteiger partial charge in [0.2, 0.25) is 0 Å². The van der Waals surface area contributed by atoms with Crippen LogP contribution in [-0.4, -0.2) is 11.5 Å². The van der Waals surface area contributed by atoms with Crippen molar-refractivity contribution >= 4 is 21.7 Å². The van der Waals surface area contributed by atoms with Gasteiger partial charge in [0, 0.05) is 10.9 Å². The van der Waals surface area contributed by atoms with Crippen molar-refractivity contribution in [2.45, 2.75) is 32.9 Å². The zero-order valence-corrected chi connectivity index (χ0v) is 10.7. The number of Topliss-reactive ketones (excluding diaryl/α,β-unsaturated/α-hetero) is 1. The fourth-order valence-electron chi connectivity index (χ4n) is 1.14. The molecular weight excluding hydrogens is 259 g/mol. The molecule has 0 spiro atoms. The Kier molecular flexibility index (Phi) is 3.66. The molecule has 0 aliphatic heterocycles. The van der Waals surface area contributed by atoms with Crippen LogP contribution in [0.4, 0.5) is 4.39 Å². The lowest BCUT2D eigenvalue weighted by Gasteiger charge is -2.12. The van der Waals surface area contributed by atoms with Crippen LogP contribution in [-0.2, 0) is 11.2 Å². The molecule has 1 rings (SSSR count). The molecule has 0 N–H and O–H groups in total. The first-order chi connectivity index (χ1) is 6.80. The number of halogens is 2. The van der Waals surface area contributed by atoms with E-state index >= 15 is 0 Å². The Bertz CT molecular complexity index is 380. The molecule has 82 valence electrons. The Labute approximate surface area is 97.8 Å². The number of hydrogen-bond donors (Lipinski definition) is 0. The first-order valence-corrected chi connectivity index (χ1v) is 5.57. The van der Waals surface area contributed by atoms with Gasteiger partial charge in [0.1, 0.15) is 0 Å². The largest absolute Gasteiger partial charge is 0.296 e. The molecule has 0 bridgehead atoms. The molecule has 15 heavy (non-hydrogen) atoms. The predicted molar refractivity (Wildman–Crippen MR) is 62.8 cm³/mol. The number of alkyl halides is 1. The van der Waals surface area contributed by atoms with Gasteiger partial charge in [-0.15, -0.1) is 0 Å². The summed E-state index contributed by atoms with van der Waals surface area (Å²) in [6.45, 7) is 4.55. The average Bonchev–Trinajstić information content (AvgIpc) is 2.10. The fourth-order valence-corrected chi connectivity index (χ4v) is 1.57. The summed E-state index contributed by atoms with van der Waals surface area (Å²) in [6, 6.07) is 5.63. The smallest absolute Gasteiger partial charge is 0.173 e. The molecule has 1 nitrogen and oxygen atoms in total. The van der Waals surface area contributed by atoms with E-state index < -0.39 is 11.5 Å². The molecule has 0 saturated carbocycles. The molecule has 0 aliphatic rings. The maximum atomic E-state index is 13.3. The van der Waals surface area contributed by atoms with E-state index in [4.69, 9.17) is 0 Å². The van der Waals surface area contributed by atoms with Crippen molar-refractivity contribution in [3.05, 3.63) is 33.8 Å². The third kappa shape index (κ3) is 3.42. The summed E-state index contributed by atoms with van der Waals surface area (Å²) in [7, 11) is 0. The predicted octanol–water partition coefficient (Wildman–Crippen LogP) is 3.62. The van der Waals surface area contributed by atoms with Crippen LogP contribution in [0.25, 0.3) is 0 Å². The van der Waals surface area contributed by atoms with Crippen LogP contribution in [0, 0.1) is 6.92 Å². The van der Waals surface area contributed by atoms with Crippen LogP contribution in [0.5, 0.6) is 0 Å². The number of carbonyl (C=O) groups excluding carboxylic acids is 1. The highest BCUT2D eigenvalue weighted by atomic mass is 79.9. The summed E-state index contributed by atoms with van der Waals surface area (Å²) in [5.41, 5.74) is 0.186. The Balaban J connectivity index is 2.83. The highest BCUT2D eigenvalue weighted by Gasteiger charge is 2.26. The molecule has 0 saturated heterocycles. The van der Waals surface area contributed by atoms with E-state index in [1.807, 2.05) is 25.1 Å². The number of benzene rings is 1. The van der Waals surface area contributed by atoms with Gasteiger partial charge in [-0.1, -0.05) is 28.1 Å². The highest BCUT2D eigenvalue weighted by Crippen LogP contribution is 2.20. The minimum Gasteiger partial charge on any atom is -0.296 e. The zero-order chi connectivity index (χ0) is 11.6. The summed E-state index contributed by atoms with van der Waals surface area (Å²) < 4.78 is 14.2. The molecular formula is C12H14BrFO. The molecule has 0 aromatic heterocycles. The lowest BCUT2D eigenvalue weighted by atomic mass is 9.98. The standard InChI is InChI=1S/C12H14BrFO/c1-8-4-5-9(6-10(8)13)7-11(15)12(2,3)14/h4-6H,7H2,1-3H3. The van der Waals surface area contributed by atoms with Crippen molar-refractivity contribution in [2.24, 2.45) is 0 Å². The second-order valence-electron chi connectivity index (χ2n) is 4.16. The SMILES string of the molecule is Cc1ccc(CC(=O)C(C)(C)F)cc1Br. The molecule has 0 amide bonds. The summed E-state index contributed by atoms with van der Waals surface area (Å²) >= 11 is 3.38. The summed E-state index contributed by atoms with van der Waals surface area (Å²) in [5, 5.41) is 0. The van der Waals surface area contributed by atoms with Crippen LogP contribution < -0.4 is 0 Å². The van der Waals surface area contributed by atoms with E-state index in [-0.39, 0.29) is 6.42 Å². The van der Waals surface area contributed by atoms with Gasteiger partial charge >= 0.3 is 0 Å². The van der Waals surface area contributed by atoms with E-state index in [0.717, 1.165) is 15.6 Å². The van der Waals surface area contributed by atoms with Gasteiger partial charge in [-0.2, -0.15) is 0 Å². The number of hydrogen-bond acceptors (Lipinski definition) is 1. The topological polar surface area (TPSA) is 17.1 Å². The molecule has 0 heterocycles.